The summed E-state index contributed by atoms with van der Waals surface area (Å²) < 4.78 is 15.6. The van der Waals surface area contributed by atoms with Crippen LogP contribution in [0.1, 0.15) is 6.42 Å². The van der Waals surface area contributed by atoms with Crippen molar-refractivity contribution in [2.24, 2.45) is 0 Å². The van der Waals surface area contributed by atoms with Gasteiger partial charge in [0.25, 0.3) is 0 Å². The summed E-state index contributed by atoms with van der Waals surface area (Å²) in [6, 6.07) is 15.3. The van der Waals surface area contributed by atoms with Gasteiger partial charge in [-0.2, -0.15) is 0 Å². The molecule has 4 heteroatoms. The molecule has 0 N–H and O–H groups in total. The monoisotopic (exact) mass is 365 g/mol. The van der Waals surface area contributed by atoms with Crippen molar-refractivity contribution in [3.8, 4) is 11.3 Å². The smallest absolute Gasteiger partial charge is 0.141 e. The number of nitrogens with zero attached hydrogens (tertiary/aromatic N) is 1. The average Bonchev–Trinajstić information content (AvgIpc) is 2.86. The molecule has 3 aromatic rings. The fourth-order valence-corrected chi connectivity index (χ4v) is 3.00. The number of hydrogen-bond donors (Lipinski definition) is 0. The molecule has 0 aliphatic carbocycles. The molecule has 0 unspecified atom stereocenters. The van der Waals surface area contributed by atoms with E-state index in [4.69, 9.17) is 11.6 Å². The zero-order chi connectivity index (χ0) is 14.8. The number of rotatable bonds is 4. The van der Waals surface area contributed by atoms with E-state index in [1.807, 2.05) is 12.1 Å². The van der Waals surface area contributed by atoms with Crippen molar-refractivity contribution in [1.82, 2.24) is 4.57 Å². The molecule has 108 valence electrons. The molecule has 0 fully saturated rings. The highest BCUT2D eigenvalue weighted by Crippen LogP contribution is 2.31. The summed E-state index contributed by atoms with van der Waals surface area (Å²) in [5, 5.41) is 2.29. The number of alkyl halides is 1. The molecule has 0 aliphatic rings. The molecule has 0 spiro atoms. The van der Waals surface area contributed by atoms with Gasteiger partial charge in [-0.15, -0.1) is 0 Å². The van der Waals surface area contributed by atoms with Crippen LogP contribution in [0, 0.1) is 5.82 Å². The summed E-state index contributed by atoms with van der Waals surface area (Å²) in [6.07, 6.45) is 1.03. The zero-order valence-electron chi connectivity index (χ0n) is 11.3. The molecule has 0 amide bonds. The van der Waals surface area contributed by atoms with Gasteiger partial charge in [0.15, 0.2) is 0 Å². The van der Waals surface area contributed by atoms with Gasteiger partial charge < -0.3 is 4.57 Å². The van der Waals surface area contributed by atoms with Crippen molar-refractivity contribution in [1.29, 1.82) is 0 Å². The maximum absolute atomic E-state index is 13.4. The lowest BCUT2D eigenvalue weighted by molar-refractivity contribution is 0.628. The van der Waals surface area contributed by atoms with Crippen LogP contribution in [-0.4, -0.2) is 9.90 Å². The Morgan fingerprint density at radius 2 is 1.90 bits per heavy atom. The van der Waals surface area contributed by atoms with E-state index in [2.05, 4.69) is 38.7 Å². The Balaban J connectivity index is 2.17. The maximum Gasteiger partial charge on any atom is 0.141 e. The Morgan fingerprint density at radius 1 is 1.10 bits per heavy atom. The van der Waals surface area contributed by atoms with Crippen molar-refractivity contribution in [3.63, 3.8) is 0 Å². The topological polar surface area (TPSA) is 4.93 Å². The molecule has 21 heavy (non-hydrogen) atoms. The van der Waals surface area contributed by atoms with Crippen molar-refractivity contribution in [2.45, 2.75) is 13.0 Å². The second-order valence-electron chi connectivity index (χ2n) is 4.91. The maximum atomic E-state index is 13.4. The summed E-state index contributed by atoms with van der Waals surface area (Å²) >= 11 is 9.40. The van der Waals surface area contributed by atoms with Crippen molar-refractivity contribution in [2.75, 3.05) is 5.33 Å². The van der Waals surface area contributed by atoms with Crippen LogP contribution in [0.5, 0.6) is 0 Å². The molecule has 1 nitrogen and oxygen atoms in total. The van der Waals surface area contributed by atoms with Crippen LogP contribution < -0.4 is 0 Å². The third-order valence-corrected chi connectivity index (χ3v) is 4.39. The SMILES string of the molecule is Fc1ccc(-c2cc3ccccc3n2CCCBr)cc1Cl. The van der Waals surface area contributed by atoms with Crippen LogP contribution in [0.25, 0.3) is 22.2 Å². The van der Waals surface area contributed by atoms with Gasteiger partial charge in [-0.1, -0.05) is 45.7 Å². The van der Waals surface area contributed by atoms with Gasteiger partial charge in [0, 0.05) is 28.5 Å². The zero-order valence-corrected chi connectivity index (χ0v) is 13.7. The Labute approximate surface area is 136 Å². The lowest BCUT2D eigenvalue weighted by Crippen LogP contribution is -2.00. The van der Waals surface area contributed by atoms with Gasteiger partial charge in [0.1, 0.15) is 5.82 Å². The first-order chi connectivity index (χ1) is 10.2. The molecule has 0 aliphatic heterocycles. The standard InChI is InChI=1S/C17H14BrClFN/c18-8-3-9-21-16-5-2-1-4-12(16)11-17(21)13-6-7-15(20)14(19)10-13/h1-2,4-7,10-11H,3,8-9H2. The predicted octanol–water partition coefficient (Wildman–Crippen LogP) is 5.89. The largest absolute Gasteiger partial charge is 0.340 e. The minimum absolute atomic E-state index is 0.157. The number of aryl methyl sites for hydroxylation is 1. The first-order valence-corrected chi connectivity index (χ1v) is 8.30. The minimum Gasteiger partial charge on any atom is -0.340 e. The van der Waals surface area contributed by atoms with E-state index in [0.29, 0.717) is 0 Å². The normalized spacial score (nSPS) is 11.2. The van der Waals surface area contributed by atoms with Gasteiger partial charge in [-0.05, 0) is 42.3 Å². The summed E-state index contributed by atoms with van der Waals surface area (Å²) in [5.41, 5.74) is 3.19. The number of aromatic nitrogens is 1. The van der Waals surface area contributed by atoms with Crippen LogP contribution >= 0.6 is 27.5 Å². The van der Waals surface area contributed by atoms with Gasteiger partial charge in [0.2, 0.25) is 0 Å². The first-order valence-electron chi connectivity index (χ1n) is 6.80. The molecular formula is C17H14BrClFN. The summed E-state index contributed by atoms with van der Waals surface area (Å²) in [5.74, 6) is -0.386. The molecule has 1 heterocycles. The minimum atomic E-state index is -0.386. The van der Waals surface area contributed by atoms with E-state index in [-0.39, 0.29) is 10.8 Å². The van der Waals surface area contributed by atoms with Gasteiger partial charge in [-0.25, -0.2) is 4.39 Å². The second-order valence-corrected chi connectivity index (χ2v) is 6.11. The molecule has 3 rings (SSSR count). The highest BCUT2D eigenvalue weighted by Gasteiger charge is 2.11. The molecule has 1 aromatic heterocycles. The number of fused-ring (bicyclic) bond motifs is 1. The lowest BCUT2D eigenvalue weighted by atomic mass is 10.1. The average molecular weight is 367 g/mol. The van der Waals surface area contributed by atoms with Crippen molar-refractivity contribution < 1.29 is 4.39 Å². The Hall–Kier alpha value is -1.32. The quantitative estimate of drug-likeness (QED) is 0.508. The van der Waals surface area contributed by atoms with Crippen molar-refractivity contribution >= 4 is 38.4 Å². The van der Waals surface area contributed by atoms with Gasteiger partial charge >= 0.3 is 0 Å². The Kier molecular flexibility index (Phi) is 4.32. The van der Waals surface area contributed by atoms with Crippen LogP contribution in [0.3, 0.4) is 0 Å². The van der Waals surface area contributed by atoms with Crippen LogP contribution in [0.15, 0.2) is 48.5 Å². The molecule has 0 saturated heterocycles. The highest BCUT2D eigenvalue weighted by molar-refractivity contribution is 9.09. The molecule has 0 bridgehead atoms. The van der Waals surface area contributed by atoms with E-state index in [1.54, 1.807) is 12.1 Å². The first kappa shape index (κ1) is 14.6. The summed E-state index contributed by atoms with van der Waals surface area (Å²) in [7, 11) is 0. The predicted molar refractivity (Wildman–Crippen MR) is 90.8 cm³/mol. The fourth-order valence-electron chi connectivity index (χ4n) is 2.56. The van der Waals surface area contributed by atoms with E-state index in [0.717, 1.165) is 29.6 Å². The van der Waals surface area contributed by atoms with Crippen LogP contribution in [0.4, 0.5) is 4.39 Å². The van der Waals surface area contributed by atoms with Crippen molar-refractivity contribution in [3.05, 3.63) is 59.4 Å². The molecular weight excluding hydrogens is 353 g/mol. The third-order valence-electron chi connectivity index (χ3n) is 3.54. The lowest BCUT2D eigenvalue weighted by Gasteiger charge is -2.10. The fraction of sp³-hybridized carbons (Fsp3) is 0.176. The molecule has 0 radical (unpaired) electrons. The Morgan fingerprint density at radius 3 is 2.67 bits per heavy atom. The summed E-state index contributed by atoms with van der Waals surface area (Å²) in [6.45, 7) is 0.906. The molecule has 0 atom stereocenters. The van der Waals surface area contributed by atoms with Gasteiger partial charge in [0.05, 0.1) is 5.02 Å². The summed E-state index contributed by atoms with van der Waals surface area (Å²) in [4.78, 5) is 0. The molecule has 2 aromatic carbocycles. The van der Waals surface area contributed by atoms with E-state index >= 15 is 0 Å². The van der Waals surface area contributed by atoms with Gasteiger partial charge in [-0.3, -0.25) is 0 Å². The highest BCUT2D eigenvalue weighted by atomic mass is 79.9. The number of benzene rings is 2. The second kappa shape index (κ2) is 6.20. The van der Waals surface area contributed by atoms with Crippen LogP contribution in [-0.2, 0) is 6.54 Å². The number of hydrogen-bond acceptors (Lipinski definition) is 0. The van der Waals surface area contributed by atoms with Crippen LogP contribution in [0.2, 0.25) is 5.02 Å². The number of para-hydroxylation sites is 1. The molecule has 0 saturated carbocycles. The van der Waals surface area contributed by atoms with E-state index in [9.17, 15) is 4.39 Å². The van der Waals surface area contributed by atoms with E-state index in [1.165, 1.54) is 17.0 Å². The van der Waals surface area contributed by atoms with E-state index < -0.39 is 0 Å². The third kappa shape index (κ3) is 2.85. The number of halogens is 3. The Bertz CT molecular complexity index is 782.